The van der Waals surface area contributed by atoms with E-state index in [2.05, 4.69) is 11.6 Å². The zero-order valence-corrected chi connectivity index (χ0v) is 10.6. The first-order valence-corrected chi connectivity index (χ1v) is 6.07. The molecule has 1 saturated heterocycles. The summed E-state index contributed by atoms with van der Waals surface area (Å²) < 4.78 is 6.33. The topological polar surface area (TPSA) is 125 Å². The summed E-state index contributed by atoms with van der Waals surface area (Å²) in [5.74, 6) is 0. The average molecular weight is 284 g/mol. The molecule has 110 valence electrons. The number of H-pyrrole nitrogens is 1. The molecule has 1 fully saturated rings. The number of hydrogen-bond donors (Lipinski definition) is 4. The summed E-state index contributed by atoms with van der Waals surface area (Å²) in [6.07, 6.45) is -3.18. The number of rotatable bonds is 4. The normalized spacial score (nSPS) is 29.6. The Hall–Kier alpha value is -1.74. The van der Waals surface area contributed by atoms with Gasteiger partial charge in [-0.05, 0) is 0 Å². The number of aromatic nitrogens is 2. The molecule has 4 N–H and O–H groups in total. The largest absolute Gasteiger partial charge is 0.394 e. The van der Waals surface area contributed by atoms with E-state index in [0.717, 1.165) is 4.57 Å². The van der Waals surface area contributed by atoms with Gasteiger partial charge in [-0.1, -0.05) is 6.08 Å². The van der Waals surface area contributed by atoms with Crippen LogP contribution in [-0.2, 0) is 11.2 Å². The van der Waals surface area contributed by atoms with E-state index < -0.39 is 42.4 Å². The highest BCUT2D eigenvalue weighted by molar-refractivity contribution is 5.08. The summed E-state index contributed by atoms with van der Waals surface area (Å²) in [6, 6.07) is 1.19. The second-order valence-electron chi connectivity index (χ2n) is 4.52. The summed E-state index contributed by atoms with van der Waals surface area (Å²) in [5.41, 5.74) is -1.04. The van der Waals surface area contributed by atoms with Crippen molar-refractivity contribution in [1.29, 1.82) is 0 Å². The van der Waals surface area contributed by atoms with Crippen LogP contribution in [0.4, 0.5) is 0 Å². The Morgan fingerprint density at radius 3 is 2.65 bits per heavy atom. The average Bonchev–Trinajstić information content (AvgIpc) is 2.66. The third-order valence-corrected chi connectivity index (χ3v) is 3.18. The van der Waals surface area contributed by atoms with E-state index in [1.807, 2.05) is 0 Å². The van der Waals surface area contributed by atoms with Crippen molar-refractivity contribution in [2.24, 2.45) is 0 Å². The van der Waals surface area contributed by atoms with Gasteiger partial charge in [-0.15, -0.1) is 6.58 Å². The zero-order valence-electron chi connectivity index (χ0n) is 10.6. The second-order valence-corrected chi connectivity index (χ2v) is 4.52. The number of nitrogens with zero attached hydrogens (tertiary/aromatic N) is 1. The Morgan fingerprint density at radius 1 is 1.40 bits per heavy atom. The van der Waals surface area contributed by atoms with Crippen LogP contribution in [0.15, 0.2) is 28.3 Å². The van der Waals surface area contributed by atoms with E-state index in [1.54, 1.807) is 0 Å². The Balaban J connectivity index is 2.50. The monoisotopic (exact) mass is 284 g/mol. The number of aromatic amines is 1. The Morgan fingerprint density at radius 2 is 2.10 bits per heavy atom. The van der Waals surface area contributed by atoms with Crippen molar-refractivity contribution in [2.75, 3.05) is 6.61 Å². The van der Waals surface area contributed by atoms with Crippen LogP contribution >= 0.6 is 0 Å². The predicted molar refractivity (Wildman–Crippen MR) is 68.2 cm³/mol. The molecule has 0 radical (unpaired) electrons. The van der Waals surface area contributed by atoms with E-state index in [0.29, 0.717) is 5.69 Å². The van der Waals surface area contributed by atoms with Crippen LogP contribution in [0.1, 0.15) is 11.9 Å². The molecule has 20 heavy (non-hydrogen) atoms. The number of allylic oxidation sites excluding steroid dienone is 1. The molecule has 1 aromatic heterocycles. The van der Waals surface area contributed by atoms with Crippen LogP contribution in [0.3, 0.4) is 0 Å². The quantitative estimate of drug-likeness (QED) is 0.468. The molecule has 0 saturated carbocycles. The van der Waals surface area contributed by atoms with Crippen LogP contribution in [0.25, 0.3) is 0 Å². The summed E-state index contributed by atoms with van der Waals surface area (Å²) in [4.78, 5) is 25.3. The predicted octanol–water partition coefficient (Wildman–Crippen LogP) is -2.12. The molecule has 0 bridgehead atoms. The van der Waals surface area contributed by atoms with Gasteiger partial charge in [0, 0.05) is 18.2 Å². The van der Waals surface area contributed by atoms with E-state index >= 15 is 0 Å². The lowest BCUT2D eigenvalue weighted by molar-refractivity contribution is -0.0561. The van der Waals surface area contributed by atoms with Gasteiger partial charge in [-0.3, -0.25) is 14.3 Å². The van der Waals surface area contributed by atoms with Gasteiger partial charge in [-0.2, -0.15) is 0 Å². The molecule has 4 atom stereocenters. The summed E-state index contributed by atoms with van der Waals surface area (Å²) in [6.45, 7) is 3.03. The molecular formula is C12H16N2O6. The first-order valence-electron chi connectivity index (χ1n) is 6.07. The van der Waals surface area contributed by atoms with Crippen molar-refractivity contribution >= 4 is 0 Å². The maximum atomic E-state index is 11.9. The van der Waals surface area contributed by atoms with Crippen LogP contribution in [-0.4, -0.2) is 49.8 Å². The SMILES string of the molecule is C=CCc1cc(=O)[nH]c(=O)n1[C@H]1O[C@@H](CO)C(O)C1O. The minimum atomic E-state index is -1.39. The first-order chi connectivity index (χ1) is 9.49. The fourth-order valence-corrected chi connectivity index (χ4v) is 2.23. The molecule has 1 aliphatic heterocycles. The molecule has 0 aliphatic carbocycles. The van der Waals surface area contributed by atoms with Crippen molar-refractivity contribution in [3.8, 4) is 0 Å². The lowest BCUT2D eigenvalue weighted by Crippen LogP contribution is -2.39. The second kappa shape index (κ2) is 5.71. The maximum absolute atomic E-state index is 11.9. The number of ether oxygens (including phenoxy) is 1. The van der Waals surface area contributed by atoms with Crippen molar-refractivity contribution in [1.82, 2.24) is 9.55 Å². The summed E-state index contributed by atoms with van der Waals surface area (Å²) in [5, 5.41) is 28.7. The molecule has 8 nitrogen and oxygen atoms in total. The highest BCUT2D eigenvalue weighted by Gasteiger charge is 2.44. The molecule has 1 aliphatic rings. The van der Waals surface area contributed by atoms with Crippen LogP contribution in [0.5, 0.6) is 0 Å². The summed E-state index contributed by atoms with van der Waals surface area (Å²) in [7, 11) is 0. The highest BCUT2D eigenvalue weighted by Crippen LogP contribution is 2.28. The van der Waals surface area contributed by atoms with Gasteiger partial charge in [0.15, 0.2) is 6.23 Å². The van der Waals surface area contributed by atoms with E-state index in [9.17, 15) is 19.8 Å². The number of aliphatic hydroxyl groups is 3. The first kappa shape index (κ1) is 14.7. The lowest BCUT2D eigenvalue weighted by Gasteiger charge is -2.20. The highest BCUT2D eigenvalue weighted by atomic mass is 16.6. The minimum Gasteiger partial charge on any atom is -0.394 e. The van der Waals surface area contributed by atoms with Crippen molar-refractivity contribution in [3.05, 3.63) is 45.3 Å². The third-order valence-electron chi connectivity index (χ3n) is 3.18. The van der Waals surface area contributed by atoms with Gasteiger partial charge >= 0.3 is 5.69 Å². The molecular weight excluding hydrogens is 268 g/mol. The van der Waals surface area contributed by atoms with Gasteiger partial charge in [0.25, 0.3) is 5.56 Å². The Bertz CT molecular complexity index is 607. The van der Waals surface area contributed by atoms with Crippen molar-refractivity contribution in [2.45, 2.75) is 31.0 Å². The molecule has 8 heteroatoms. The van der Waals surface area contributed by atoms with Gasteiger partial charge in [0.2, 0.25) is 0 Å². The van der Waals surface area contributed by atoms with E-state index in [-0.39, 0.29) is 6.42 Å². The molecule has 0 aromatic carbocycles. The molecule has 1 aromatic rings. The Labute approximate surface area is 113 Å². The number of nitrogens with one attached hydrogen (secondary N) is 1. The fraction of sp³-hybridized carbons (Fsp3) is 0.500. The van der Waals surface area contributed by atoms with Gasteiger partial charge in [0.05, 0.1) is 6.61 Å². The van der Waals surface area contributed by atoms with Crippen molar-refractivity contribution in [3.63, 3.8) is 0 Å². The van der Waals surface area contributed by atoms with E-state index in [1.165, 1.54) is 12.1 Å². The van der Waals surface area contributed by atoms with E-state index in [4.69, 9.17) is 9.84 Å². The molecule has 0 spiro atoms. The molecule has 2 unspecified atom stereocenters. The fourth-order valence-electron chi connectivity index (χ4n) is 2.23. The Kier molecular flexibility index (Phi) is 4.19. The maximum Gasteiger partial charge on any atom is 0.330 e. The molecule has 2 heterocycles. The molecule has 0 amide bonds. The van der Waals surface area contributed by atoms with Crippen LogP contribution in [0, 0.1) is 0 Å². The van der Waals surface area contributed by atoms with Gasteiger partial charge < -0.3 is 20.1 Å². The van der Waals surface area contributed by atoms with Crippen molar-refractivity contribution < 1.29 is 20.1 Å². The standard InChI is InChI=1S/C12H16N2O6/c1-2-3-6-4-8(16)13-12(19)14(6)11-10(18)9(17)7(5-15)20-11/h2,4,7,9-11,15,17-18H,1,3,5H2,(H,13,16,19)/t7-,9?,10?,11-/m0/s1. The van der Waals surface area contributed by atoms with Gasteiger partial charge in [0.1, 0.15) is 18.3 Å². The van der Waals surface area contributed by atoms with Crippen LogP contribution in [0.2, 0.25) is 0 Å². The number of aliphatic hydroxyl groups excluding tert-OH is 3. The lowest BCUT2D eigenvalue weighted by atomic mass is 10.1. The smallest absolute Gasteiger partial charge is 0.330 e. The third kappa shape index (κ3) is 2.46. The minimum absolute atomic E-state index is 0.214. The molecule has 2 rings (SSSR count). The number of hydrogen-bond acceptors (Lipinski definition) is 6. The summed E-state index contributed by atoms with van der Waals surface area (Å²) >= 11 is 0. The zero-order chi connectivity index (χ0) is 14.9. The van der Waals surface area contributed by atoms with Crippen LogP contribution < -0.4 is 11.2 Å². The van der Waals surface area contributed by atoms with Gasteiger partial charge in [-0.25, -0.2) is 4.79 Å².